The second-order valence-corrected chi connectivity index (χ2v) is 3.36. The molecule has 13 heavy (non-hydrogen) atoms. The van der Waals surface area contributed by atoms with Gasteiger partial charge in [0.05, 0.1) is 10.0 Å². The van der Waals surface area contributed by atoms with E-state index in [0.717, 1.165) is 0 Å². The molecule has 0 aromatic heterocycles. The fraction of sp³-hybridized carbons (Fsp3) is 0.222. The lowest BCUT2D eigenvalue weighted by atomic mass is 10.2. The van der Waals surface area contributed by atoms with Crippen molar-refractivity contribution in [3.63, 3.8) is 0 Å². The first-order chi connectivity index (χ1) is 6.16. The summed E-state index contributed by atoms with van der Waals surface area (Å²) in [5, 5.41) is 2.71. The molecule has 1 rings (SSSR count). The number of amides is 1. The number of anilines is 1. The zero-order valence-corrected chi connectivity index (χ0v) is 8.89. The summed E-state index contributed by atoms with van der Waals surface area (Å²) in [5.41, 5.74) is 6.77. The monoisotopic (exact) mass is 242 g/mol. The van der Waals surface area contributed by atoms with Crippen LogP contribution in [0.5, 0.6) is 0 Å². The zero-order valence-electron chi connectivity index (χ0n) is 7.30. The molecule has 70 valence electrons. The molecule has 1 amide bonds. The van der Waals surface area contributed by atoms with Crippen LogP contribution in [0.25, 0.3) is 0 Å². The second kappa shape index (κ2) is 4.28. The smallest absolute Gasteiger partial charge is 0.252 e. The molecule has 0 saturated heterocycles. The number of nitrogen functional groups attached to an aromatic ring is 1. The lowest BCUT2D eigenvalue weighted by Crippen LogP contribution is -2.23. The highest BCUT2D eigenvalue weighted by atomic mass is 79.9. The molecule has 0 radical (unpaired) electrons. The summed E-state index contributed by atoms with van der Waals surface area (Å²) < 4.78 is 0.654. The minimum atomic E-state index is -0.110. The predicted molar refractivity (Wildman–Crippen MR) is 56.6 cm³/mol. The third kappa shape index (κ3) is 2.21. The van der Waals surface area contributed by atoms with E-state index in [9.17, 15) is 4.79 Å². The van der Waals surface area contributed by atoms with Crippen LogP contribution in [0.3, 0.4) is 0 Å². The van der Waals surface area contributed by atoms with E-state index < -0.39 is 0 Å². The molecule has 4 heteroatoms. The van der Waals surface area contributed by atoms with E-state index in [1.54, 1.807) is 18.2 Å². The summed E-state index contributed by atoms with van der Waals surface area (Å²) in [7, 11) is 0. The maximum absolute atomic E-state index is 11.4. The number of halogens is 1. The van der Waals surface area contributed by atoms with Gasteiger partial charge in [0, 0.05) is 12.2 Å². The van der Waals surface area contributed by atoms with Gasteiger partial charge >= 0.3 is 0 Å². The highest BCUT2D eigenvalue weighted by molar-refractivity contribution is 9.10. The lowest BCUT2D eigenvalue weighted by Gasteiger charge is -2.05. The molecule has 3 nitrogen and oxygen atoms in total. The van der Waals surface area contributed by atoms with Crippen LogP contribution in [0.4, 0.5) is 5.69 Å². The fourth-order valence-electron chi connectivity index (χ4n) is 0.981. The molecule has 0 aliphatic carbocycles. The quantitative estimate of drug-likeness (QED) is 0.778. The van der Waals surface area contributed by atoms with Crippen molar-refractivity contribution in [2.45, 2.75) is 6.92 Å². The van der Waals surface area contributed by atoms with Gasteiger partial charge in [-0.25, -0.2) is 0 Å². The molecule has 0 heterocycles. The van der Waals surface area contributed by atoms with E-state index in [2.05, 4.69) is 21.2 Å². The van der Waals surface area contributed by atoms with Crippen molar-refractivity contribution in [3.8, 4) is 0 Å². The van der Waals surface area contributed by atoms with E-state index in [1.165, 1.54) is 0 Å². The summed E-state index contributed by atoms with van der Waals surface area (Å²) in [6.45, 7) is 2.48. The van der Waals surface area contributed by atoms with Crippen LogP contribution in [0.2, 0.25) is 0 Å². The van der Waals surface area contributed by atoms with Gasteiger partial charge in [-0.3, -0.25) is 4.79 Å². The average molecular weight is 243 g/mol. The number of rotatable bonds is 2. The maximum atomic E-state index is 11.4. The molecule has 0 aliphatic rings. The van der Waals surface area contributed by atoms with Gasteiger partial charge in [-0.2, -0.15) is 0 Å². The fourth-order valence-corrected chi connectivity index (χ4v) is 1.43. The lowest BCUT2D eigenvalue weighted by molar-refractivity contribution is 0.0955. The number of benzene rings is 1. The summed E-state index contributed by atoms with van der Waals surface area (Å²) in [6.07, 6.45) is 0. The topological polar surface area (TPSA) is 55.1 Å². The van der Waals surface area contributed by atoms with Gasteiger partial charge < -0.3 is 11.1 Å². The first-order valence-electron chi connectivity index (χ1n) is 3.99. The van der Waals surface area contributed by atoms with Crippen molar-refractivity contribution in [2.75, 3.05) is 12.3 Å². The number of carbonyl (C=O) groups excluding carboxylic acids is 1. The summed E-state index contributed by atoms with van der Waals surface area (Å²) in [5.74, 6) is -0.110. The SMILES string of the molecule is CCNC(=O)c1cccc(N)c1Br. The van der Waals surface area contributed by atoms with Gasteiger partial charge in [0.25, 0.3) is 5.91 Å². The Balaban J connectivity index is 3.01. The molecule has 0 unspecified atom stereocenters. The molecule has 0 bridgehead atoms. The molecular weight excluding hydrogens is 232 g/mol. The summed E-state index contributed by atoms with van der Waals surface area (Å²) >= 11 is 3.26. The van der Waals surface area contributed by atoms with Crippen molar-refractivity contribution in [3.05, 3.63) is 28.2 Å². The number of hydrogen-bond acceptors (Lipinski definition) is 2. The van der Waals surface area contributed by atoms with Crippen LogP contribution in [0, 0.1) is 0 Å². The van der Waals surface area contributed by atoms with Crippen LogP contribution in [-0.2, 0) is 0 Å². The van der Waals surface area contributed by atoms with Crippen molar-refractivity contribution in [1.82, 2.24) is 5.32 Å². The third-order valence-corrected chi connectivity index (χ3v) is 2.50. The molecule has 0 fully saturated rings. The second-order valence-electron chi connectivity index (χ2n) is 2.57. The van der Waals surface area contributed by atoms with Gasteiger partial charge in [0.2, 0.25) is 0 Å². The van der Waals surface area contributed by atoms with Gasteiger partial charge in [0.15, 0.2) is 0 Å². The first kappa shape index (κ1) is 10.1. The molecule has 3 N–H and O–H groups in total. The van der Waals surface area contributed by atoms with Crippen LogP contribution < -0.4 is 11.1 Å². The van der Waals surface area contributed by atoms with E-state index >= 15 is 0 Å². The largest absolute Gasteiger partial charge is 0.398 e. The minimum absolute atomic E-state index is 0.110. The molecular formula is C9H11BrN2O. The Hall–Kier alpha value is -1.03. The molecule has 0 atom stereocenters. The van der Waals surface area contributed by atoms with Gasteiger partial charge in [-0.15, -0.1) is 0 Å². The minimum Gasteiger partial charge on any atom is -0.398 e. The number of carbonyl (C=O) groups is 1. The van der Waals surface area contributed by atoms with Crippen LogP contribution >= 0.6 is 15.9 Å². The first-order valence-corrected chi connectivity index (χ1v) is 4.78. The summed E-state index contributed by atoms with van der Waals surface area (Å²) in [4.78, 5) is 11.4. The third-order valence-electron chi connectivity index (χ3n) is 1.61. The Morgan fingerprint density at radius 1 is 1.62 bits per heavy atom. The Morgan fingerprint density at radius 3 is 2.92 bits per heavy atom. The Kier molecular flexibility index (Phi) is 3.31. The van der Waals surface area contributed by atoms with Crippen LogP contribution in [0.1, 0.15) is 17.3 Å². The van der Waals surface area contributed by atoms with Crippen molar-refractivity contribution < 1.29 is 4.79 Å². The van der Waals surface area contributed by atoms with E-state index in [4.69, 9.17) is 5.73 Å². The predicted octanol–water partition coefficient (Wildman–Crippen LogP) is 1.78. The Labute approximate surface area is 85.4 Å². The van der Waals surface area contributed by atoms with E-state index in [-0.39, 0.29) is 5.91 Å². The molecule has 1 aromatic carbocycles. The Morgan fingerprint density at radius 2 is 2.31 bits per heavy atom. The van der Waals surface area contributed by atoms with E-state index in [0.29, 0.717) is 22.3 Å². The normalized spacial score (nSPS) is 9.69. The maximum Gasteiger partial charge on any atom is 0.252 e. The zero-order chi connectivity index (χ0) is 9.84. The molecule has 1 aromatic rings. The van der Waals surface area contributed by atoms with Crippen LogP contribution in [-0.4, -0.2) is 12.5 Å². The molecule has 0 spiro atoms. The van der Waals surface area contributed by atoms with E-state index in [1.807, 2.05) is 6.92 Å². The van der Waals surface area contributed by atoms with Crippen molar-refractivity contribution >= 4 is 27.5 Å². The highest BCUT2D eigenvalue weighted by Gasteiger charge is 2.09. The standard InChI is InChI=1S/C9H11BrN2O/c1-2-12-9(13)6-4-3-5-7(11)8(6)10/h3-5H,2,11H2,1H3,(H,12,13). The molecule has 0 aliphatic heterocycles. The number of nitrogens with one attached hydrogen (secondary N) is 1. The van der Waals surface area contributed by atoms with Gasteiger partial charge in [-0.1, -0.05) is 6.07 Å². The highest BCUT2D eigenvalue weighted by Crippen LogP contribution is 2.23. The van der Waals surface area contributed by atoms with Crippen molar-refractivity contribution in [2.24, 2.45) is 0 Å². The molecule has 0 saturated carbocycles. The number of nitrogens with two attached hydrogens (primary N) is 1. The number of hydrogen-bond donors (Lipinski definition) is 2. The van der Waals surface area contributed by atoms with Crippen molar-refractivity contribution in [1.29, 1.82) is 0 Å². The Bertz CT molecular complexity index is 325. The van der Waals surface area contributed by atoms with Gasteiger partial charge in [0.1, 0.15) is 0 Å². The van der Waals surface area contributed by atoms with Gasteiger partial charge in [-0.05, 0) is 35.0 Å². The average Bonchev–Trinajstić information content (AvgIpc) is 2.10. The van der Waals surface area contributed by atoms with Crippen LogP contribution in [0.15, 0.2) is 22.7 Å². The summed E-state index contributed by atoms with van der Waals surface area (Å²) in [6, 6.07) is 5.23.